The molecule has 126 valence electrons. The van der Waals surface area contributed by atoms with Crippen LogP contribution in [0.3, 0.4) is 0 Å². The second-order valence-corrected chi connectivity index (χ2v) is 7.91. The van der Waals surface area contributed by atoms with E-state index in [4.69, 9.17) is 23.2 Å². The summed E-state index contributed by atoms with van der Waals surface area (Å²) < 4.78 is 28.2. The molecule has 1 aliphatic heterocycles. The fourth-order valence-electron chi connectivity index (χ4n) is 2.55. The van der Waals surface area contributed by atoms with Crippen molar-refractivity contribution in [2.24, 2.45) is 4.40 Å². The molecule has 1 aliphatic rings. The zero-order chi connectivity index (χ0) is 17.5. The van der Waals surface area contributed by atoms with Crippen LogP contribution in [0.15, 0.2) is 45.7 Å². The number of hydrogen-bond donors (Lipinski definition) is 0. The minimum Gasteiger partial charge on any atom is -0.858 e. The quantitative estimate of drug-likeness (QED) is 0.602. The summed E-state index contributed by atoms with van der Waals surface area (Å²) in [6.45, 7) is 0.829. The lowest BCUT2D eigenvalue weighted by Crippen LogP contribution is -2.21. The van der Waals surface area contributed by atoms with Gasteiger partial charge in [-0.05, 0) is 36.2 Å². The van der Waals surface area contributed by atoms with Gasteiger partial charge in [0.05, 0.1) is 9.92 Å². The second-order valence-electron chi connectivity index (χ2n) is 5.46. The number of hydrogen-bond acceptors (Lipinski definition) is 4. The first-order valence-electron chi connectivity index (χ1n) is 7.09. The molecule has 2 aromatic rings. The monoisotopic (exact) mass is 383 g/mol. The van der Waals surface area contributed by atoms with Gasteiger partial charge in [-0.15, -0.1) is 0 Å². The van der Waals surface area contributed by atoms with Crippen molar-refractivity contribution >= 4 is 44.8 Å². The van der Waals surface area contributed by atoms with E-state index < -0.39 is 15.9 Å². The van der Waals surface area contributed by atoms with Gasteiger partial charge < -0.3 is 10.0 Å². The van der Waals surface area contributed by atoms with Gasteiger partial charge in [-0.1, -0.05) is 35.3 Å². The van der Waals surface area contributed by atoms with E-state index in [1.54, 1.807) is 6.07 Å². The molecule has 0 saturated heterocycles. The van der Waals surface area contributed by atoms with Gasteiger partial charge in [-0.25, -0.2) is 0 Å². The zero-order valence-electron chi connectivity index (χ0n) is 12.7. The van der Waals surface area contributed by atoms with Crippen molar-refractivity contribution in [3.05, 3.63) is 57.6 Å². The maximum atomic E-state index is 12.4. The Morgan fingerprint density at radius 3 is 2.67 bits per heavy atom. The van der Waals surface area contributed by atoms with E-state index in [-0.39, 0.29) is 15.5 Å². The molecule has 0 amide bonds. The third-order valence-corrected chi connectivity index (χ3v) is 5.65. The lowest BCUT2D eigenvalue weighted by atomic mass is 10.2. The summed E-state index contributed by atoms with van der Waals surface area (Å²) in [7, 11) is -2.24. The van der Waals surface area contributed by atoms with Crippen molar-refractivity contribution in [2.45, 2.75) is 11.3 Å². The molecule has 0 saturated carbocycles. The van der Waals surface area contributed by atoms with Crippen LogP contribution in [-0.4, -0.2) is 27.9 Å². The normalized spacial score (nSPS) is 14.8. The summed E-state index contributed by atoms with van der Waals surface area (Å²) in [6.07, 6.45) is 0.864. The van der Waals surface area contributed by atoms with Crippen molar-refractivity contribution in [3.8, 4) is 0 Å². The molecular weight excluding hydrogens is 371 g/mol. The predicted octanol–water partition coefficient (Wildman–Crippen LogP) is 2.48. The van der Waals surface area contributed by atoms with E-state index >= 15 is 0 Å². The van der Waals surface area contributed by atoms with Crippen molar-refractivity contribution in [3.63, 3.8) is 0 Å². The minimum atomic E-state index is -4.12. The van der Waals surface area contributed by atoms with E-state index in [2.05, 4.69) is 4.40 Å². The average molecular weight is 384 g/mol. The van der Waals surface area contributed by atoms with Gasteiger partial charge in [-0.2, -0.15) is 12.8 Å². The molecule has 0 bridgehead atoms. The Kier molecular flexibility index (Phi) is 4.46. The van der Waals surface area contributed by atoms with Gasteiger partial charge in [0.15, 0.2) is 0 Å². The number of nitrogens with zero attached hydrogens (tertiary/aromatic N) is 2. The van der Waals surface area contributed by atoms with Gasteiger partial charge in [0.25, 0.3) is 10.0 Å². The van der Waals surface area contributed by atoms with Crippen molar-refractivity contribution in [2.75, 3.05) is 18.5 Å². The summed E-state index contributed by atoms with van der Waals surface area (Å²) in [5.74, 6) is -0.925. The molecule has 5 nitrogen and oxygen atoms in total. The molecule has 8 heteroatoms. The van der Waals surface area contributed by atoms with Crippen LogP contribution in [0, 0.1) is 0 Å². The van der Waals surface area contributed by atoms with E-state index in [9.17, 15) is 13.5 Å². The van der Waals surface area contributed by atoms with Crippen LogP contribution in [-0.2, 0) is 16.4 Å². The first kappa shape index (κ1) is 17.1. The maximum absolute atomic E-state index is 12.4. The maximum Gasteiger partial charge on any atom is 0.281 e. The Bertz CT molecular complexity index is 942. The number of benzene rings is 2. The molecule has 0 N–H and O–H groups in total. The molecule has 2 aromatic carbocycles. The van der Waals surface area contributed by atoms with E-state index in [0.717, 1.165) is 24.2 Å². The highest BCUT2D eigenvalue weighted by atomic mass is 35.5. The van der Waals surface area contributed by atoms with Crippen LogP contribution in [0.25, 0.3) is 0 Å². The Morgan fingerprint density at radius 1 is 1.21 bits per heavy atom. The molecule has 0 fully saturated rings. The summed E-state index contributed by atoms with van der Waals surface area (Å²) in [4.78, 5) is 1.94. The van der Waals surface area contributed by atoms with Crippen LogP contribution in [0.4, 0.5) is 5.69 Å². The third kappa shape index (κ3) is 3.22. The molecule has 0 aliphatic carbocycles. The molecule has 24 heavy (non-hydrogen) atoms. The van der Waals surface area contributed by atoms with E-state index in [0.29, 0.717) is 5.02 Å². The highest BCUT2D eigenvalue weighted by Crippen LogP contribution is 2.30. The van der Waals surface area contributed by atoms with Crippen LogP contribution in [0.1, 0.15) is 11.1 Å². The van der Waals surface area contributed by atoms with Crippen LogP contribution in [0.5, 0.6) is 0 Å². The summed E-state index contributed by atoms with van der Waals surface area (Å²) in [5.41, 5.74) is 1.90. The first-order chi connectivity index (χ1) is 11.3. The SMILES string of the molecule is CN1CCc2ccc(S(=O)(=O)N=C([O-])c3ccc(Cl)cc3Cl)cc21. The first-order valence-corrected chi connectivity index (χ1v) is 9.29. The Morgan fingerprint density at radius 2 is 1.96 bits per heavy atom. The number of likely N-dealkylation sites (N-methyl/N-ethyl adjacent to an activating group) is 1. The fraction of sp³-hybridized carbons (Fsp3) is 0.188. The third-order valence-electron chi connectivity index (χ3n) is 3.85. The van der Waals surface area contributed by atoms with Gasteiger partial charge in [0.1, 0.15) is 0 Å². The zero-order valence-corrected chi connectivity index (χ0v) is 15.0. The number of fused-ring (bicyclic) bond motifs is 1. The largest absolute Gasteiger partial charge is 0.858 e. The molecule has 0 unspecified atom stereocenters. The summed E-state index contributed by atoms with van der Waals surface area (Å²) in [6, 6.07) is 8.92. The smallest absolute Gasteiger partial charge is 0.281 e. The van der Waals surface area contributed by atoms with Gasteiger partial charge in [0.2, 0.25) is 0 Å². The van der Waals surface area contributed by atoms with Gasteiger partial charge in [-0.3, -0.25) is 0 Å². The standard InChI is InChI=1S/C16H14Cl2N2O3S/c1-20-7-6-10-2-4-12(9-15(10)20)24(22,23)19-16(21)13-5-3-11(17)8-14(13)18/h2-5,8-9H,6-7H2,1H3,(H,19,21)/p-1. The fourth-order valence-corrected chi connectivity index (χ4v) is 3.97. The minimum absolute atomic E-state index is 0.0112. The second kappa shape index (κ2) is 6.27. The number of rotatable bonds is 3. The predicted molar refractivity (Wildman–Crippen MR) is 93.6 cm³/mol. The van der Waals surface area contributed by atoms with Crippen LogP contribution < -0.4 is 10.0 Å². The van der Waals surface area contributed by atoms with Crippen molar-refractivity contribution in [1.82, 2.24) is 0 Å². The molecule has 0 spiro atoms. The topological polar surface area (TPSA) is 72.8 Å². The van der Waals surface area contributed by atoms with Gasteiger partial charge >= 0.3 is 0 Å². The summed E-state index contributed by atoms with van der Waals surface area (Å²) in [5, 5.41) is 12.6. The molecule has 0 radical (unpaired) electrons. The average Bonchev–Trinajstić information content (AvgIpc) is 2.87. The molecule has 0 aromatic heterocycles. The molecule has 3 rings (SSSR count). The highest BCUT2D eigenvalue weighted by molar-refractivity contribution is 7.90. The van der Waals surface area contributed by atoms with Gasteiger partial charge in [0, 0.05) is 35.8 Å². The lowest BCUT2D eigenvalue weighted by molar-refractivity contribution is -0.212. The number of sulfonamides is 1. The summed E-state index contributed by atoms with van der Waals surface area (Å²) >= 11 is 11.7. The van der Waals surface area contributed by atoms with E-state index in [1.165, 1.54) is 30.3 Å². The van der Waals surface area contributed by atoms with Crippen LogP contribution in [0.2, 0.25) is 10.0 Å². The molecule has 0 atom stereocenters. The van der Waals surface area contributed by atoms with Crippen molar-refractivity contribution in [1.29, 1.82) is 0 Å². The Balaban J connectivity index is 2.00. The Labute approximate surface area is 150 Å². The number of halogens is 2. The van der Waals surface area contributed by atoms with Crippen LogP contribution >= 0.6 is 23.2 Å². The molecular formula is C16H13Cl2N2O3S-. The lowest BCUT2D eigenvalue weighted by Gasteiger charge is -2.14. The van der Waals surface area contributed by atoms with E-state index in [1.807, 2.05) is 11.9 Å². The van der Waals surface area contributed by atoms with Crippen molar-refractivity contribution < 1.29 is 13.5 Å². The Hall–Kier alpha value is -1.76. The number of anilines is 1. The molecule has 1 heterocycles. The highest BCUT2D eigenvalue weighted by Gasteiger charge is 2.20.